The minimum absolute atomic E-state index is 0.0257. The van der Waals surface area contributed by atoms with Gasteiger partial charge in [-0.15, -0.1) is 10.2 Å². The Bertz CT molecular complexity index is 1190. The van der Waals surface area contributed by atoms with Gasteiger partial charge in [-0.2, -0.15) is 4.31 Å². The molecule has 2 aromatic carbocycles. The Balaban J connectivity index is 1.41. The summed E-state index contributed by atoms with van der Waals surface area (Å²) < 4.78 is 48.6. The molecule has 1 saturated heterocycles. The maximum absolute atomic E-state index is 13.1. The summed E-state index contributed by atoms with van der Waals surface area (Å²) in [5.41, 5.74) is 1.03. The van der Waals surface area contributed by atoms with Gasteiger partial charge in [0.15, 0.2) is 6.61 Å². The van der Waals surface area contributed by atoms with E-state index in [1.807, 2.05) is 0 Å². The van der Waals surface area contributed by atoms with Gasteiger partial charge in [0, 0.05) is 24.3 Å². The van der Waals surface area contributed by atoms with E-state index in [0.717, 1.165) is 5.56 Å². The highest BCUT2D eigenvalue weighted by molar-refractivity contribution is 7.89. The number of carbonyl (C=O) groups excluding carboxylic acids is 1. The smallest absolute Gasteiger partial charge is 0.262 e. The maximum Gasteiger partial charge on any atom is 0.262 e. The molecule has 12 heteroatoms. The lowest BCUT2D eigenvalue weighted by Crippen LogP contribution is -2.40. The van der Waals surface area contributed by atoms with Gasteiger partial charge in [-0.25, -0.2) is 8.42 Å². The third kappa shape index (κ3) is 5.30. The Morgan fingerprint density at radius 2 is 1.91 bits per heavy atom. The fourth-order valence-electron chi connectivity index (χ4n) is 3.22. The molecule has 1 aliphatic rings. The first-order valence-corrected chi connectivity index (χ1v) is 11.5. The highest BCUT2D eigenvalue weighted by atomic mass is 32.2. The van der Waals surface area contributed by atoms with Crippen molar-refractivity contribution < 1.29 is 31.8 Å². The van der Waals surface area contributed by atoms with Crippen LogP contribution in [0.5, 0.6) is 11.5 Å². The van der Waals surface area contributed by atoms with Crippen molar-refractivity contribution in [2.75, 3.05) is 45.3 Å². The van der Waals surface area contributed by atoms with Crippen LogP contribution in [0, 0.1) is 0 Å². The van der Waals surface area contributed by atoms with Crippen LogP contribution < -0.4 is 14.8 Å². The predicted octanol–water partition coefficient (Wildman–Crippen LogP) is 1.78. The summed E-state index contributed by atoms with van der Waals surface area (Å²) >= 11 is 0. The average molecular weight is 474 g/mol. The first kappa shape index (κ1) is 22.7. The molecular weight excluding hydrogens is 452 g/mol. The summed E-state index contributed by atoms with van der Waals surface area (Å²) in [5.74, 6) is 0.591. The summed E-state index contributed by atoms with van der Waals surface area (Å²) in [7, 11) is -2.42. The number of aromatic nitrogens is 2. The van der Waals surface area contributed by atoms with Crippen LogP contribution in [0.15, 0.2) is 58.2 Å². The molecule has 0 aliphatic carbocycles. The van der Waals surface area contributed by atoms with Crippen LogP contribution in [0.25, 0.3) is 11.5 Å². The van der Waals surface area contributed by atoms with Gasteiger partial charge < -0.3 is 23.9 Å². The zero-order valence-electron chi connectivity index (χ0n) is 17.8. The lowest BCUT2D eigenvalue weighted by atomic mass is 10.2. The lowest BCUT2D eigenvalue weighted by molar-refractivity contribution is -0.118. The highest BCUT2D eigenvalue weighted by Gasteiger charge is 2.29. The number of amides is 1. The second-order valence-corrected chi connectivity index (χ2v) is 8.89. The van der Waals surface area contributed by atoms with Crippen molar-refractivity contribution >= 4 is 21.6 Å². The minimum atomic E-state index is -3.81. The third-order valence-electron chi connectivity index (χ3n) is 4.87. The van der Waals surface area contributed by atoms with Crippen LogP contribution in [0.2, 0.25) is 0 Å². The van der Waals surface area contributed by atoms with Crippen molar-refractivity contribution in [1.29, 1.82) is 0 Å². The van der Waals surface area contributed by atoms with Gasteiger partial charge in [0.05, 0.1) is 20.3 Å². The number of rotatable bonds is 8. The number of carbonyl (C=O) groups is 1. The molecule has 1 fully saturated rings. The molecule has 2 heterocycles. The number of benzene rings is 2. The van der Waals surface area contributed by atoms with Gasteiger partial charge in [-0.05, 0) is 42.5 Å². The van der Waals surface area contributed by atoms with Crippen LogP contribution >= 0.6 is 0 Å². The fourth-order valence-corrected chi connectivity index (χ4v) is 4.81. The number of hydrogen-bond acceptors (Lipinski definition) is 9. The monoisotopic (exact) mass is 474 g/mol. The molecule has 0 unspecified atom stereocenters. The molecule has 1 aliphatic heterocycles. The Labute approximate surface area is 190 Å². The van der Waals surface area contributed by atoms with Crippen molar-refractivity contribution in [2.24, 2.45) is 0 Å². The van der Waals surface area contributed by atoms with Gasteiger partial charge in [0.25, 0.3) is 5.91 Å². The summed E-state index contributed by atoms with van der Waals surface area (Å²) in [6.07, 6.45) is 1.24. The van der Waals surface area contributed by atoms with Crippen molar-refractivity contribution in [3.05, 3.63) is 48.9 Å². The predicted molar refractivity (Wildman–Crippen MR) is 116 cm³/mol. The second kappa shape index (κ2) is 9.98. The number of methoxy groups -OCH3 is 1. The molecule has 0 bridgehead atoms. The lowest BCUT2D eigenvalue weighted by Gasteiger charge is -2.26. The Hall–Kier alpha value is -3.48. The quantitative estimate of drug-likeness (QED) is 0.519. The van der Waals surface area contributed by atoms with Crippen LogP contribution in [0.1, 0.15) is 0 Å². The molecular formula is C21H22N4O7S. The number of ether oxygens (including phenoxy) is 3. The van der Waals surface area contributed by atoms with E-state index in [2.05, 4.69) is 15.5 Å². The van der Waals surface area contributed by atoms with Crippen LogP contribution in [-0.4, -0.2) is 68.8 Å². The van der Waals surface area contributed by atoms with Crippen molar-refractivity contribution in [3.8, 4) is 23.0 Å². The third-order valence-corrected chi connectivity index (χ3v) is 6.79. The zero-order valence-corrected chi connectivity index (χ0v) is 18.6. The highest BCUT2D eigenvalue weighted by Crippen LogP contribution is 2.30. The number of hydrogen-bond donors (Lipinski definition) is 1. The van der Waals surface area contributed by atoms with Gasteiger partial charge >= 0.3 is 0 Å². The first-order chi connectivity index (χ1) is 16.0. The van der Waals surface area contributed by atoms with E-state index in [4.69, 9.17) is 18.6 Å². The summed E-state index contributed by atoms with van der Waals surface area (Å²) in [6, 6.07) is 11.2. The molecule has 3 aromatic rings. The van der Waals surface area contributed by atoms with Crippen LogP contribution in [0.4, 0.5) is 5.69 Å². The molecule has 33 heavy (non-hydrogen) atoms. The van der Waals surface area contributed by atoms with Gasteiger partial charge in [-0.3, -0.25) is 4.79 Å². The molecule has 11 nitrogen and oxygen atoms in total. The summed E-state index contributed by atoms with van der Waals surface area (Å²) in [4.78, 5) is 12.4. The number of anilines is 1. The Morgan fingerprint density at radius 3 is 2.58 bits per heavy atom. The maximum atomic E-state index is 13.1. The van der Waals surface area contributed by atoms with E-state index in [9.17, 15) is 13.2 Å². The zero-order chi connectivity index (χ0) is 23.3. The summed E-state index contributed by atoms with van der Waals surface area (Å²) in [6.45, 7) is 0.885. The molecule has 0 spiro atoms. The molecule has 174 valence electrons. The number of nitrogens with one attached hydrogen (secondary N) is 1. The number of morpholine rings is 1. The Morgan fingerprint density at radius 1 is 1.15 bits per heavy atom. The fraction of sp³-hybridized carbons (Fsp3) is 0.286. The van der Waals surface area contributed by atoms with Crippen molar-refractivity contribution in [1.82, 2.24) is 14.5 Å². The molecule has 0 atom stereocenters. The molecule has 1 aromatic heterocycles. The number of nitrogens with zero attached hydrogens (tertiary/aromatic N) is 3. The van der Waals surface area contributed by atoms with Crippen LogP contribution in [0.3, 0.4) is 0 Å². The van der Waals surface area contributed by atoms with E-state index >= 15 is 0 Å². The van der Waals surface area contributed by atoms with Crippen molar-refractivity contribution in [3.63, 3.8) is 0 Å². The minimum Gasteiger partial charge on any atom is -0.495 e. The van der Waals surface area contributed by atoms with E-state index in [-0.39, 0.29) is 30.3 Å². The van der Waals surface area contributed by atoms with Crippen LogP contribution in [-0.2, 0) is 19.6 Å². The van der Waals surface area contributed by atoms with Gasteiger partial charge in [0.1, 0.15) is 16.4 Å². The molecule has 4 rings (SSSR count). The van der Waals surface area contributed by atoms with Gasteiger partial charge in [0.2, 0.25) is 22.3 Å². The van der Waals surface area contributed by atoms with E-state index in [1.165, 1.54) is 29.9 Å². The Kier molecular flexibility index (Phi) is 6.87. The molecule has 0 saturated carbocycles. The average Bonchev–Trinajstić information content (AvgIpc) is 3.39. The first-order valence-electron chi connectivity index (χ1n) is 10.0. The van der Waals surface area contributed by atoms with Gasteiger partial charge in [-0.1, -0.05) is 0 Å². The van der Waals surface area contributed by atoms with E-state index in [0.29, 0.717) is 30.5 Å². The standard InChI is InChI=1S/C21H22N4O7S/c1-29-18-7-4-16(12-19(18)33(27,28)25-8-10-30-11-9-25)23-20(26)13-31-17-5-2-15(3-6-17)21-24-22-14-32-21/h2-7,12,14H,8-11,13H2,1H3,(H,23,26). The summed E-state index contributed by atoms with van der Waals surface area (Å²) in [5, 5.41) is 10.1. The largest absolute Gasteiger partial charge is 0.495 e. The molecule has 1 N–H and O–H groups in total. The van der Waals surface area contributed by atoms with E-state index < -0.39 is 15.9 Å². The van der Waals surface area contributed by atoms with Crippen molar-refractivity contribution in [2.45, 2.75) is 4.90 Å². The number of sulfonamides is 1. The van der Waals surface area contributed by atoms with E-state index in [1.54, 1.807) is 30.3 Å². The molecule has 1 amide bonds. The SMILES string of the molecule is COc1ccc(NC(=O)COc2ccc(-c3nnco3)cc2)cc1S(=O)(=O)N1CCOCC1. The topological polar surface area (TPSA) is 133 Å². The normalized spacial score (nSPS) is 14.6. The second-order valence-electron chi connectivity index (χ2n) is 6.99. The molecule has 0 radical (unpaired) electrons.